The fourth-order valence-corrected chi connectivity index (χ4v) is 4.19. The summed E-state index contributed by atoms with van der Waals surface area (Å²) in [6.07, 6.45) is -0.508. The molecule has 2 aliphatic rings. The number of carbonyl (C=O) groups excluding carboxylic acids is 2. The molecule has 1 aromatic heterocycles. The predicted molar refractivity (Wildman–Crippen MR) is 106 cm³/mol. The molecule has 0 unspecified atom stereocenters. The Kier molecular flexibility index (Phi) is 5.31. The van der Waals surface area contributed by atoms with E-state index >= 15 is 0 Å². The molecule has 2 amide bonds. The number of amides is 2. The Bertz CT molecular complexity index is 940. The van der Waals surface area contributed by atoms with Crippen LogP contribution in [0.2, 0.25) is 0 Å². The van der Waals surface area contributed by atoms with Crippen LogP contribution >= 0.6 is 0 Å². The molecule has 0 aliphatic carbocycles. The van der Waals surface area contributed by atoms with E-state index in [9.17, 15) is 18.4 Å². The molecule has 0 bridgehead atoms. The van der Waals surface area contributed by atoms with Gasteiger partial charge in [-0.1, -0.05) is 18.2 Å². The number of aromatic nitrogens is 2. The van der Waals surface area contributed by atoms with Gasteiger partial charge in [0.2, 0.25) is 5.91 Å². The smallest absolute Gasteiger partial charge is 0.262 e. The Morgan fingerprint density at radius 3 is 2.57 bits per heavy atom. The Morgan fingerprint density at radius 1 is 1.23 bits per heavy atom. The summed E-state index contributed by atoms with van der Waals surface area (Å²) in [5.74, 6) is -3.46. The van der Waals surface area contributed by atoms with Crippen molar-refractivity contribution in [3.05, 3.63) is 53.3 Å². The molecule has 0 radical (unpaired) electrons. The molecule has 1 aromatic carbocycles. The highest BCUT2D eigenvalue weighted by atomic mass is 19.3. The Morgan fingerprint density at radius 2 is 1.93 bits per heavy atom. The minimum absolute atomic E-state index is 0.120. The monoisotopic (exact) mass is 417 g/mol. The van der Waals surface area contributed by atoms with Crippen LogP contribution in [0.5, 0.6) is 0 Å². The molecule has 2 aromatic rings. The largest absolute Gasteiger partial charge is 0.349 e. The van der Waals surface area contributed by atoms with Crippen molar-refractivity contribution in [1.82, 2.24) is 24.9 Å². The van der Waals surface area contributed by atoms with Crippen molar-refractivity contribution < 1.29 is 18.4 Å². The van der Waals surface area contributed by atoms with Gasteiger partial charge in [0.05, 0.1) is 30.5 Å². The van der Waals surface area contributed by atoms with Crippen LogP contribution in [0.25, 0.3) is 0 Å². The second kappa shape index (κ2) is 7.79. The normalized spacial score (nSPS) is 21.5. The Labute approximate surface area is 173 Å². The molecule has 7 nitrogen and oxygen atoms in total. The summed E-state index contributed by atoms with van der Waals surface area (Å²) >= 11 is 0. The third-order valence-electron chi connectivity index (χ3n) is 5.79. The summed E-state index contributed by atoms with van der Waals surface area (Å²) in [6, 6.07) is 9.56. The lowest BCUT2D eigenvalue weighted by Crippen LogP contribution is -2.63. The molecular formula is C21H25F2N5O2. The van der Waals surface area contributed by atoms with Crippen LogP contribution in [0.3, 0.4) is 0 Å². The van der Waals surface area contributed by atoms with E-state index < -0.39 is 30.8 Å². The van der Waals surface area contributed by atoms with Crippen LogP contribution < -0.4 is 5.32 Å². The van der Waals surface area contributed by atoms with Crippen LogP contribution in [0.1, 0.15) is 28.2 Å². The lowest BCUT2D eigenvalue weighted by molar-refractivity contribution is -0.127. The van der Waals surface area contributed by atoms with Crippen molar-refractivity contribution in [2.24, 2.45) is 7.05 Å². The summed E-state index contributed by atoms with van der Waals surface area (Å²) in [5.41, 5.74) is 2.21. The zero-order chi connectivity index (χ0) is 21.5. The van der Waals surface area contributed by atoms with Crippen LogP contribution in [0.15, 0.2) is 36.4 Å². The van der Waals surface area contributed by atoms with E-state index in [2.05, 4.69) is 10.4 Å². The van der Waals surface area contributed by atoms with Crippen LogP contribution in [-0.2, 0) is 18.4 Å². The molecule has 1 N–H and O–H groups in total. The number of nitrogens with zero attached hydrogens (tertiary/aromatic N) is 4. The molecule has 3 heterocycles. The highest BCUT2D eigenvalue weighted by Crippen LogP contribution is 2.35. The topological polar surface area (TPSA) is 70.5 Å². The number of halogens is 2. The minimum Gasteiger partial charge on any atom is -0.349 e. The van der Waals surface area contributed by atoms with E-state index in [1.165, 1.54) is 0 Å². The van der Waals surface area contributed by atoms with E-state index in [4.69, 9.17) is 0 Å². The molecule has 0 spiro atoms. The molecular weight excluding hydrogens is 392 g/mol. The molecule has 30 heavy (non-hydrogen) atoms. The van der Waals surface area contributed by atoms with Gasteiger partial charge in [-0.15, -0.1) is 0 Å². The fraction of sp³-hybridized carbons (Fsp3) is 0.476. The van der Waals surface area contributed by atoms with E-state index in [1.54, 1.807) is 45.8 Å². The van der Waals surface area contributed by atoms with Gasteiger partial charge in [-0.25, -0.2) is 8.78 Å². The number of hydrogen-bond donors (Lipinski definition) is 1. The third kappa shape index (κ3) is 4.07. The quantitative estimate of drug-likeness (QED) is 0.802. The average Bonchev–Trinajstić information content (AvgIpc) is 3.16. The van der Waals surface area contributed by atoms with Crippen molar-refractivity contribution in [2.75, 3.05) is 19.6 Å². The first kappa shape index (κ1) is 20.5. The molecule has 2 fully saturated rings. The van der Waals surface area contributed by atoms with E-state index in [-0.39, 0.29) is 18.5 Å². The molecule has 0 saturated carbocycles. The summed E-state index contributed by atoms with van der Waals surface area (Å²) in [6.45, 7) is 2.30. The maximum Gasteiger partial charge on any atom is 0.262 e. The van der Waals surface area contributed by atoms with Gasteiger partial charge in [0.25, 0.3) is 11.8 Å². The van der Waals surface area contributed by atoms with Gasteiger partial charge >= 0.3 is 0 Å². The standard InChI is InChI=1S/C21H25F2N5O2/c1-14-8-16(26(2)25-14)10-24-19(29)18-9-21(22,23)13-28(18)17-11-27(12-17)20(30)15-6-4-3-5-7-15/h3-8,17-18H,9-13H2,1-2H3,(H,24,29)/t18-/m0/s1. The zero-order valence-corrected chi connectivity index (χ0v) is 17.0. The van der Waals surface area contributed by atoms with Gasteiger partial charge in [-0.2, -0.15) is 5.10 Å². The third-order valence-corrected chi connectivity index (χ3v) is 5.79. The van der Waals surface area contributed by atoms with Crippen molar-refractivity contribution in [3.8, 4) is 0 Å². The number of benzene rings is 1. The van der Waals surface area contributed by atoms with Gasteiger partial charge in [0.15, 0.2) is 0 Å². The lowest BCUT2D eigenvalue weighted by atomic mass is 10.0. The number of rotatable bonds is 5. The van der Waals surface area contributed by atoms with Crippen LogP contribution in [-0.4, -0.2) is 69.0 Å². The van der Waals surface area contributed by atoms with Gasteiger partial charge < -0.3 is 10.2 Å². The summed E-state index contributed by atoms with van der Waals surface area (Å²) in [7, 11) is 1.78. The highest BCUT2D eigenvalue weighted by Gasteiger charge is 2.52. The molecule has 2 aliphatic heterocycles. The van der Waals surface area contributed by atoms with Crippen LogP contribution in [0.4, 0.5) is 8.78 Å². The number of hydrogen-bond acceptors (Lipinski definition) is 4. The minimum atomic E-state index is -2.92. The number of aryl methyl sites for hydroxylation is 2. The van der Waals surface area contributed by atoms with E-state index in [0.717, 1.165) is 11.4 Å². The Balaban J connectivity index is 1.38. The van der Waals surface area contributed by atoms with Crippen molar-refractivity contribution in [1.29, 1.82) is 0 Å². The number of nitrogens with one attached hydrogen (secondary N) is 1. The summed E-state index contributed by atoms with van der Waals surface area (Å²) in [5, 5.41) is 6.99. The number of alkyl halides is 2. The predicted octanol–water partition coefficient (Wildman–Crippen LogP) is 1.58. The van der Waals surface area contributed by atoms with E-state index in [0.29, 0.717) is 18.7 Å². The fourth-order valence-electron chi connectivity index (χ4n) is 4.19. The van der Waals surface area contributed by atoms with Gasteiger partial charge in [0, 0.05) is 38.2 Å². The first-order valence-electron chi connectivity index (χ1n) is 9.98. The molecule has 160 valence electrons. The van der Waals surface area contributed by atoms with Crippen molar-refractivity contribution >= 4 is 11.8 Å². The van der Waals surface area contributed by atoms with Crippen molar-refractivity contribution in [3.63, 3.8) is 0 Å². The van der Waals surface area contributed by atoms with E-state index in [1.807, 2.05) is 19.1 Å². The van der Waals surface area contributed by atoms with Gasteiger partial charge in [-0.05, 0) is 25.1 Å². The second-order valence-electron chi connectivity index (χ2n) is 8.10. The first-order chi connectivity index (χ1) is 14.2. The summed E-state index contributed by atoms with van der Waals surface area (Å²) < 4.78 is 30.0. The van der Waals surface area contributed by atoms with Crippen LogP contribution in [0, 0.1) is 6.92 Å². The Hall–Kier alpha value is -2.81. The molecule has 9 heteroatoms. The molecule has 2 saturated heterocycles. The maximum atomic E-state index is 14.2. The number of likely N-dealkylation sites (tertiary alicyclic amines) is 2. The highest BCUT2D eigenvalue weighted by molar-refractivity contribution is 5.94. The lowest BCUT2D eigenvalue weighted by Gasteiger charge is -2.45. The first-order valence-corrected chi connectivity index (χ1v) is 9.98. The SMILES string of the molecule is Cc1cc(CNC(=O)[C@@H]2CC(F)(F)CN2C2CN(C(=O)c3ccccc3)C2)n(C)n1. The average molecular weight is 417 g/mol. The van der Waals surface area contributed by atoms with Gasteiger partial charge in [-0.3, -0.25) is 19.2 Å². The van der Waals surface area contributed by atoms with Gasteiger partial charge in [0.1, 0.15) is 0 Å². The second-order valence-corrected chi connectivity index (χ2v) is 8.10. The van der Waals surface area contributed by atoms with Crippen molar-refractivity contribution in [2.45, 2.75) is 37.9 Å². The molecule has 4 rings (SSSR count). The molecule has 1 atom stereocenters. The number of carbonyl (C=O) groups is 2. The maximum absolute atomic E-state index is 14.2. The summed E-state index contributed by atoms with van der Waals surface area (Å²) in [4.78, 5) is 28.4. The zero-order valence-electron chi connectivity index (χ0n) is 17.0.